The molecule has 5 nitrogen and oxygen atoms in total. The minimum atomic E-state index is -0.277. The van der Waals surface area contributed by atoms with Crippen LogP contribution < -0.4 is 11.3 Å². The van der Waals surface area contributed by atoms with E-state index in [9.17, 15) is 4.79 Å². The third-order valence-corrected chi connectivity index (χ3v) is 1.48. The highest BCUT2D eigenvalue weighted by molar-refractivity contribution is 9.10. The maximum Gasteiger partial charge on any atom is 0.255 e. The summed E-state index contributed by atoms with van der Waals surface area (Å²) in [4.78, 5) is 10.7. The van der Waals surface area contributed by atoms with E-state index < -0.39 is 0 Å². The predicted octanol–water partition coefficient (Wildman–Crippen LogP) is -0.365. The number of hydrogen-bond acceptors (Lipinski definition) is 3. The first-order valence-corrected chi connectivity index (χ1v) is 3.69. The van der Waals surface area contributed by atoms with Gasteiger partial charge < -0.3 is 0 Å². The number of nitrogens with one attached hydrogen (secondary N) is 1. The van der Waals surface area contributed by atoms with Gasteiger partial charge in [-0.1, -0.05) is 0 Å². The zero-order valence-electron chi connectivity index (χ0n) is 5.62. The molecule has 0 aliphatic heterocycles. The van der Waals surface area contributed by atoms with E-state index in [0.717, 1.165) is 4.47 Å². The molecule has 60 valence electrons. The fourth-order valence-electron chi connectivity index (χ4n) is 0.618. The highest BCUT2D eigenvalue weighted by Crippen LogP contribution is 2.05. The normalized spacial score (nSPS) is 9.64. The first-order chi connectivity index (χ1) is 5.22. The molecule has 1 aromatic heterocycles. The second kappa shape index (κ2) is 3.49. The van der Waals surface area contributed by atoms with Gasteiger partial charge in [-0.15, -0.1) is 0 Å². The van der Waals surface area contributed by atoms with Gasteiger partial charge in [-0.2, -0.15) is 5.10 Å². The Hall–Kier alpha value is -0.880. The number of hydrazine groups is 1. The van der Waals surface area contributed by atoms with Crippen LogP contribution in [0.15, 0.2) is 16.9 Å². The summed E-state index contributed by atoms with van der Waals surface area (Å²) < 4.78 is 2.31. The molecular formula is C5H7BrN4O. The summed E-state index contributed by atoms with van der Waals surface area (Å²) in [7, 11) is 0. The van der Waals surface area contributed by atoms with Crippen LogP contribution in [0.25, 0.3) is 0 Å². The molecule has 6 heteroatoms. The number of halogens is 1. The van der Waals surface area contributed by atoms with Crippen molar-refractivity contribution in [3.05, 3.63) is 16.9 Å². The van der Waals surface area contributed by atoms with Crippen LogP contribution in [0.5, 0.6) is 0 Å². The molecule has 1 aromatic rings. The minimum Gasteiger partial charge on any atom is -0.293 e. The van der Waals surface area contributed by atoms with Gasteiger partial charge in [0.25, 0.3) is 5.91 Å². The Morgan fingerprint density at radius 1 is 1.91 bits per heavy atom. The zero-order valence-corrected chi connectivity index (χ0v) is 7.21. The summed E-state index contributed by atoms with van der Waals surface area (Å²) >= 11 is 3.20. The molecule has 0 aliphatic carbocycles. The first kappa shape index (κ1) is 8.22. The van der Waals surface area contributed by atoms with Crippen molar-refractivity contribution in [1.29, 1.82) is 0 Å². The number of rotatable bonds is 2. The van der Waals surface area contributed by atoms with Crippen molar-refractivity contribution in [2.24, 2.45) is 5.84 Å². The van der Waals surface area contributed by atoms with Crippen LogP contribution in [0.1, 0.15) is 0 Å². The van der Waals surface area contributed by atoms with E-state index in [2.05, 4.69) is 21.0 Å². The second-order valence-corrected chi connectivity index (χ2v) is 2.84. The standard InChI is InChI=1S/C5H7BrN4O/c6-4-1-8-10(2-4)3-5(11)9-7/h1-2H,3,7H2,(H,9,11). The Balaban J connectivity index is 2.57. The average molecular weight is 219 g/mol. The maximum absolute atomic E-state index is 10.7. The van der Waals surface area contributed by atoms with Gasteiger partial charge in [0.2, 0.25) is 0 Å². The van der Waals surface area contributed by atoms with E-state index in [1.807, 2.05) is 5.43 Å². The largest absolute Gasteiger partial charge is 0.293 e. The lowest BCUT2D eigenvalue weighted by molar-refractivity contribution is -0.121. The van der Waals surface area contributed by atoms with Crippen molar-refractivity contribution in [1.82, 2.24) is 15.2 Å². The molecule has 3 N–H and O–H groups in total. The van der Waals surface area contributed by atoms with Gasteiger partial charge in [0.15, 0.2) is 0 Å². The zero-order chi connectivity index (χ0) is 8.27. The smallest absolute Gasteiger partial charge is 0.255 e. The van der Waals surface area contributed by atoms with E-state index in [1.165, 1.54) is 4.68 Å². The Labute approximate surface area is 71.7 Å². The molecule has 0 radical (unpaired) electrons. The summed E-state index contributed by atoms with van der Waals surface area (Å²) in [6.45, 7) is 0.141. The molecule has 0 atom stereocenters. The maximum atomic E-state index is 10.7. The lowest BCUT2D eigenvalue weighted by Crippen LogP contribution is -2.33. The van der Waals surface area contributed by atoms with Crippen LogP contribution in [0, 0.1) is 0 Å². The van der Waals surface area contributed by atoms with Crippen molar-refractivity contribution in [3.8, 4) is 0 Å². The Kier molecular flexibility index (Phi) is 2.61. The van der Waals surface area contributed by atoms with Crippen molar-refractivity contribution in [2.45, 2.75) is 6.54 Å². The SMILES string of the molecule is NNC(=O)Cn1cc(Br)cn1. The van der Waals surface area contributed by atoms with Gasteiger partial charge in [0.05, 0.1) is 10.7 Å². The molecular weight excluding hydrogens is 212 g/mol. The van der Waals surface area contributed by atoms with Gasteiger partial charge in [-0.3, -0.25) is 14.9 Å². The number of carbonyl (C=O) groups is 1. The second-order valence-electron chi connectivity index (χ2n) is 1.92. The van der Waals surface area contributed by atoms with E-state index in [-0.39, 0.29) is 12.5 Å². The molecule has 11 heavy (non-hydrogen) atoms. The Bertz CT molecular complexity index is 259. The molecule has 1 heterocycles. The summed E-state index contributed by atoms with van der Waals surface area (Å²) in [5.41, 5.74) is 2.01. The van der Waals surface area contributed by atoms with Crippen LogP contribution in [0.3, 0.4) is 0 Å². The number of carbonyl (C=O) groups excluding carboxylic acids is 1. The van der Waals surface area contributed by atoms with Crippen LogP contribution in [-0.2, 0) is 11.3 Å². The van der Waals surface area contributed by atoms with Crippen molar-refractivity contribution >= 4 is 21.8 Å². The van der Waals surface area contributed by atoms with E-state index in [0.29, 0.717) is 0 Å². The quantitative estimate of drug-likeness (QED) is 0.405. The third kappa shape index (κ3) is 2.32. The average Bonchev–Trinajstić information content (AvgIpc) is 2.35. The lowest BCUT2D eigenvalue weighted by Gasteiger charge is -1.97. The van der Waals surface area contributed by atoms with Crippen LogP contribution in [0.4, 0.5) is 0 Å². The molecule has 0 bridgehead atoms. The molecule has 0 aromatic carbocycles. The molecule has 0 spiro atoms. The third-order valence-electron chi connectivity index (χ3n) is 1.07. The van der Waals surface area contributed by atoms with Crippen LogP contribution >= 0.6 is 15.9 Å². The van der Waals surface area contributed by atoms with Crippen LogP contribution in [-0.4, -0.2) is 15.7 Å². The summed E-state index contributed by atoms with van der Waals surface area (Å²) in [6.07, 6.45) is 3.29. The van der Waals surface area contributed by atoms with E-state index >= 15 is 0 Å². The molecule has 0 saturated heterocycles. The Morgan fingerprint density at radius 3 is 3.09 bits per heavy atom. The molecule has 0 aliphatic rings. The predicted molar refractivity (Wildman–Crippen MR) is 42.3 cm³/mol. The van der Waals surface area contributed by atoms with E-state index in [4.69, 9.17) is 5.84 Å². The van der Waals surface area contributed by atoms with Crippen molar-refractivity contribution in [2.75, 3.05) is 0 Å². The molecule has 0 saturated carbocycles. The van der Waals surface area contributed by atoms with Gasteiger partial charge in [0, 0.05) is 6.20 Å². The molecule has 0 unspecified atom stereocenters. The monoisotopic (exact) mass is 218 g/mol. The number of nitrogens with two attached hydrogens (primary N) is 1. The van der Waals surface area contributed by atoms with Crippen molar-refractivity contribution in [3.63, 3.8) is 0 Å². The first-order valence-electron chi connectivity index (χ1n) is 2.90. The van der Waals surface area contributed by atoms with Gasteiger partial charge in [-0.05, 0) is 15.9 Å². The fourth-order valence-corrected chi connectivity index (χ4v) is 0.946. The van der Waals surface area contributed by atoms with E-state index in [1.54, 1.807) is 12.4 Å². The fraction of sp³-hybridized carbons (Fsp3) is 0.200. The van der Waals surface area contributed by atoms with Crippen LogP contribution in [0.2, 0.25) is 0 Å². The topological polar surface area (TPSA) is 72.9 Å². The van der Waals surface area contributed by atoms with Gasteiger partial charge in [0.1, 0.15) is 6.54 Å². The summed E-state index contributed by atoms with van der Waals surface area (Å²) in [5.74, 6) is 4.60. The minimum absolute atomic E-state index is 0.141. The lowest BCUT2D eigenvalue weighted by atomic mass is 10.6. The molecule has 1 amide bonds. The highest BCUT2D eigenvalue weighted by Gasteiger charge is 2.00. The highest BCUT2D eigenvalue weighted by atomic mass is 79.9. The van der Waals surface area contributed by atoms with Gasteiger partial charge >= 0.3 is 0 Å². The number of amides is 1. The molecule has 0 fully saturated rings. The number of nitrogens with zero attached hydrogens (tertiary/aromatic N) is 2. The molecule has 1 rings (SSSR count). The van der Waals surface area contributed by atoms with Gasteiger partial charge in [-0.25, -0.2) is 5.84 Å². The number of hydrogen-bond donors (Lipinski definition) is 2. The summed E-state index contributed by atoms with van der Waals surface area (Å²) in [5, 5.41) is 3.86. The van der Waals surface area contributed by atoms with Crippen molar-refractivity contribution < 1.29 is 4.79 Å². The Morgan fingerprint density at radius 2 is 2.64 bits per heavy atom. The number of aromatic nitrogens is 2. The summed E-state index contributed by atoms with van der Waals surface area (Å²) in [6, 6.07) is 0.